The third-order valence-corrected chi connectivity index (χ3v) is 6.28. The molecule has 0 radical (unpaired) electrons. The van der Waals surface area contributed by atoms with Gasteiger partial charge < -0.3 is 19.3 Å². The van der Waals surface area contributed by atoms with Gasteiger partial charge >= 0.3 is 10.1 Å². The van der Waals surface area contributed by atoms with Crippen molar-refractivity contribution in [3.63, 3.8) is 0 Å². The Morgan fingerprint density at radius 3 is 2.37 bits per heavy atom. The number of nitrogens with one attached hydrogen (secondary N) is 2. The molecule has 0 atom stereocenters. The molecule has 0 unspecified atom stereocenters. The van der Waals surface area contributed by atoms with Crippen molar-refractivity contribution >= 4 is 33.3 Å². The highest BCUT2D eigenvalue weighted by molar-refractivity contribution is 7.86. The number of hydrogen-bond donors (Lipinski definition) is 2. The van der Waals surface area contributed by atoms with E-state index >= 15 is 0 Å². The summed E-state index contributed by atoms with van der Waals surface area (Å²) in [4.78, 5) is 29.1. The summed E-state index contributed by atoms with van der Waals surface area (Å²) < 4.78 is 28.5. The van der Waals surface area contributed by atoms with Crippen molar-refractivity contribution in [3.05, 3.63) is 58.1 Å². The molecule has 1 amide bonds. The Balaban J connectivity index is 1.90. The fraction of sp³-hybridized carbons (Fsp3) is 0.400. The topological polar surface area (TPSA) is 120 Å². The average Bonchev–Trinajstić information content (AvgIpc) is 3.05. The van der Waals surface area contributed by atoms with Crippen molar-refractivity contribution in [2.24, 2.45) is 0 Å². The van der Waals surface area contributed by atoms with Crippen LogP contribution in [-0.4, -0.2) is 64.8 Å². The Morgan fingerprint density at radius 2 is 1.83 bits per heavy atom. The summed E-state index contributed by atoms with van der Waals surface area (Å²) in [5, 5.41) is 11.3. The number of carbonyl (C=O) groups is 2. The van der Waals surface area contributed by atoms with Crippen LogP contribution in [0.3, 0.4) is 0 Å². The predicted molar refractivity (Wildman–Crippen MR) is 136 cm³/mol. The maximum absolute atomic E-state index is 13.2. The molecule has 2 aromatic rings. The van der Waals surface area contributed by atoms with Gasteiger partial charge in [0, 0.05) is 50.1 Å². The van der Waals surface area contributed by atoms with Gasteiger partial charge in [0.15, 0.2) is 5.78 Å². The van der Waals surface area contributed by atoms with E-state index in [1.807, 2.05) is 45.8 Å². The third kappa shape index (κ3) is 5.64. The van der Waals surface area contributed by atoms with Crippen LogP contribution in [0.25, 0.3) is 0 Å². The first-order valence-electron chi connectivity index (χ1n) is 11.1. The molecule has 1 aliphatic heterocycles. The number of carbonyl (C=O) groups excluding carboxylic acids is 2. The predicted octanol–water partition coefficient (Wildman–Crippen LogP) is 2.77. The molecule has 9 nitrogen and oxygen atoms in total. The van der Waals surface area contributed by atoms with Crippen molar-refractivity contribution in [3.8, 4) is 5.75 Å². The molecule has 0 saturated heterocycles. The van der Waals surface area contributed by atoms with Crippen LogP contribution in [0, 0.1) is 5.41 Å². The molecule has 188 valence electrons. The Morgan fingerprint density at radius 1 is 1.17 bits per heavy atom. The van der Waals surface area contributed by atoms with Crippen LogP contribution in [0.4, 0.5) is 5.69 Å². The number of fused-ring (bicyclic) bond motifs is 1. The molecule has 0 aromatic heterocycles. The van der Waals surface area contributed by atoms with Gasteiger partial charge in [-0.2, -0.15) is 8.42 Å². The van der Waals surface area contributed by atoms with Crippen LogP contribution in [0.2, 0.25) is 0 Å². The molecule has 0 fully saturated rings. The maximum atomic E-state index is 13.2. The highest BCUT2D eigenvalue weighted by Crippen LogP contribution is 2.34. The van der Waals surface area contributed by atoms with E-state index in [-0.39, 0.29) is 29.8 Å². The number of Topliss-reactive ketones (excluding diaryl/α,β-unsaturated/α-hetero) is 1. The third-order valence-electron chi connectivity index (χ3n) is 5.79. The molecular weight excluding hydrogens is 468 g/mol. The molecule has 0 bridgehead atoms. The molecule has 10 heteroatoms. The minimum absolute atomic E-state index is 0.0318. The highest BCUT2D eigenvalue weighted by atomic mass is 32.2. The number of hydrogen-bond acceptors (Lipinski definition) is 7. The second-order valence-electron chi connectivity index (χ2n) is 9.88. The van der Waals surface area contributed by atoms with Crippen molar-refractivity contribution in [2.45, 2.75) is 32.7 Å². The Bertz CT molecular complexity index is 1310. The van der Waals surface area contributed by atoms with Crippen LogP contribution < -0.4 is 14.4 Å². The van der Waals surface area contributed by atoms with Crippen LogP contribution in [0.1, 0.15) is 58.2 Å². The zero-order chi connectivity index (χ0) is 26.3. The van der Waals surface area contributed by atoms with Gasteiger partial charge in [0.25, 0.3) is 5.91 Å². The van der Waals surface area contributed by atoms with Gasteiger partial charge in [0.1, 0.15) is 11.6 Å². The first kappa shape index (κ1) is 26.2. The zero-order valence-electron chi connectivity index (χ0n) is 21.1. The molecule has 2 aromatic carbocycles. The van der Waals surface area contributed by atoms with E-state index in [2.05, 4.69) is 5.32 Å². The van der Waals surface area contributed by atoms with E-state index in [1.54, 1.807) is 30.1 Å². The smallest absolute Gasteiger partial charge is 0.306 e. The number of anilines is 1. The lowest BCUT2D eigenvalue weighted by Crippen LogP contribution is -2.30. The lowest BCUT2D eigenvalue weighted by Gasteiger charge is -2.23. The molecule has 1 aliphatic rings. The normalized spacial score (nSPS) is 13.5. The van der Waals surface area contributed by atoms with Gasteiger partial charge in [-0.15, -0.1) is 0 Å². The maximum Gasteiger partial charge on any atom is 0.306 e. The second-order valence-corrected chi connectivity index (χ2v) is 11.5. The summed E-state index contributed by atoms with van der Waals surface area (Å²) >= 11 is 0. The number of amidine groups is 1. The highest BCUT2D eigenvalue weighted by Gasteiger charge is 2.30. The van der Waals surface area contributed by atoms with Gasteiger partial charge in [-0.25, -0.2) is 0 Å². The number of rotatable bonds is 7. The van der Waals surface area contributed by atoms with Crippen molar-refractivity contribution in [1.82, 2.24) is 10.2 Å². The molecule has 0 saturated carbocycles. The van der Waals surface area contributed by atoms with E-state index in [4.69, 9.17) is 9.59 Å². The molecule has 0 aliphatic carbocycles. The summed E-state index contributed by atoms with van der Waals surface area (Å²) in [7, 11) is 1.53. The van der Waals surface area contributed by atoms with Crippen LogP contribution >= 0.6 is 0 Å². The zero-order valence-corrected chi connectivity index (χ0v) is 22.0. The van der Waals surface area contributed by atoms with Crippen molar-refractivity contribution < 1.29 is 22.2 Å². The fourth-order valence-electron chi connectivity index (χ4n) is 4.05. The van der Waals surface area contributed by atoms with Gasteiger partial charge in [-0.3, -0.25) is 15.0 Å². The summed E-state index contributed by atoms with van der Waals surface area (Å²) in [6, 6.07) is 8.28. The lowest BCUT2D eigenvalue weighted by molar-refractivity contribution is 0.0955. The Labute approximate surface area is 206 Å². The molecule has 0 spiro atoms. The second kappa shape index (κ2) is 9.33. The minimum Gasteiger partial charge on any atom is -0.382 e. The molecule has 1 heterocycles. The van der Waals surface area contributed by atoms with Crippen LogP contribution in [0.15, 0.2) is 30.3 Å². The molecular formula is C25H32N4O5S. The Kier molecular flexibility index (Phi) is 6.99. The summed E-state index contributed by atoms with van der Waals surface area (Å²) in [5.74, 6) is -0.0871. The van der Waals surface area contributed by atoms with E-state index in [1.165, 1.54) is 6.07 Å². The van der Waals surface area contributed by atoms with E-state index in [9.17, 15) is 18.0 Å². The first-order valence-corrected chi connectivity index (χ1v) is 12.9. The largest absolute Gasteiger partial charge is 0.382 e. The molecule has 2 N–H and O–H groups in total. The average molecular weight is 501 g/mol. The lowest BCUT2D eigenvalue weighted by atomic mass is 9.85. The number of amides is 1. The van der Waals surface area contributed by atoms with Crippen molar-refractivity contribution in [2.75, 3.05) is 38.8 Å². The summed E-state index contributed by atoms with van der Waals surface area (Å²) in [6.07, 6.45) is 0.979. The van der Waals surface area contributed by atoms with Gasteiger partial charge in [-0.1, -0.05) is 20.8 Å². The minimum atomic E-state index is -3.72. The molecule has 35 heavy (non-hydrogen) atoms. The first-order chi connectivity index (χ1) is 16.1. The van der Waals surface area contributed by atoms with Gasteiger partial charge in [0.2, 0.25) is 0 Å². The van der Waals surface area contributed by atoms with Gasteiger partial charge in [0.05, 0.1) is 18.4 Å². The van der Waals surface area contributed by atoms with Gasteiger partial charge in [-0.05, 0) is 41.3 Å². The van der Waals surface area contributed by atoms with E-state index in [0.29, 0.717) is 28.8 Å². The number of benzene rings is 2. The standard InChI is InChI=1S/C25H32N4O5S/c1-25(2,3)19-10-15(8-9-22(19)34-35(7,32)33)21(30)14-29-13-16-11-20(28(5)6)18(24(31)27-4)12-17(16)23(29)26/h8-12,26H,13-14H2,1-7H3,(H,27,31). The monoisotopic (exact) mass is 500 g/mol. The van der Waals surface area contributed by atoms with Crippen LogP contribution in [0.5, 0.6) is 5.75 Å². The molecule has 3 rings (SSSR count). The summed E-state index contributed by atoms with van der Waals surface area (Å²) in [6.45, 7) is 6.06. The van der Waals surface area contributed by atoms with E-state index < -0.39 is 15.5 Å². The SMILES string of the molecule is CNC(=O)c1cc2c(cc1N(C)C)CN(CC(=O)c1ccc(OS(C)(=O)=O)c(C(C)(C)C)c1)C2=N. The number of ketones is 1. The number of nitrogens with zero attached hydrogens (tertiary/aromatic N) is 2. The quantitative estimate of drug-likeness (QED) is 0.443. The summed E-state index contributed by atoms with van der Waals surface area (Å²) in [5.41, 5.74) is 3.22. The van der Waals surface area contributed by atoms with Crippen molar-refractivity contribution in [1.29, 1.82) is 5.41 Å². The van der Waals surface area contributed by atoms with Crippen LogP contribution in [-0.2, 0) is 22.1 Å². The fourth-order valence-corrected chi connectivity index (χ4v) is 4.52. The Hall–Kier alpha value is -3.40. The van der Waals surface area contributed by atoms with E-state index in [0.717, 1.165) is 17.5 Å².